The normalized spacial score (nSPS) is 12.5. The van der Waals surface area contributed by atoms with E-state index in [1.54, 1.807) is 6.07 Å². The molecule has 0 bridgehead atoms. The summed E-state index contributed by atoms with van der Waals surface area (Å²) in [6.45, 7) is 2.97. The molecule has 1 aromatic carbocycles. The maximum absolute atomic E-state index is 12.7. The van der Waals surface area contributed by atoms with Gasteiger partial charge in [0, 0.05) is 17.4 Å². The summed E-state index contributed by atoms with van der Waals surface area (Å²) in [5, 5.41) is 0. The van der Waals surface area contributed by atoms with Gasteiger partial charge in [0.25, 0.3) is 0 Å². The molecular formula is C17H14O6S. The molecule has 7 heteroatoms. The van der Waals surface area contributed by atoms with E-state index in [0.717, 1.165) is 10.4 Å². The number of hydrogen-bond donors (Lipinski definition) is 0. The Morgan fingerprint density at radius 2 is 2.08 bits per heavy atom. The van der Waals surface area contributed by atoms with E-state index >= 15 is 0 Å². The zero-order valence-corrected chi connectivity index (χ0v) is 13.9. The molecule has 0 unspecified atom stereocenters. The zero-order chi connectivity index (χ0) is 17.3. The molecule has 1 aliphatic heterocycles. The Labute approximate surface area is 142 Å². The Morgan fingerprint density at radius 1 is 1.29 bits per heavy atom. The van der Waals surface area contributed by atoms with Crippen LogP contribution in [0.25, 0.3) is 0 Å². The molecule has 2 aromatic rings. The van der Waals surface area contributed by atoms with Crippen LogP contribution in [0.1, 0.15) is 32.6 Å². The van der Waals surface area contributed by atoms with Crippen LogP contribution in [0, 0.1) is 6.92 Å². The van der Waals surface area contributed by atoms with Crippen LogP contribution in [0.15, 0.2) is 24.3 Å². The number of fused-ring (bicyclic) bond motifs is 2. The molecule has 1 aromatic heterocycles. The molecule has 0 amide bonds. The first-order chi connectivity index (χ1) is 11.4. The summed E-state index contributed by atoms with van der Waals surface area (Å²) in [6, 6.07) is 6.52. The quantitative estimate of drug-likeness (QED) is 0.628. The standard InChI is InChI=1S/C17H14O6S/c1-9-5-11-7-22-14-4-3-12(23-15(19)8-21-10(2)18)6-13(14)16(20)17(11)24-9/h3-6H,7-8H2,1-2H3. The van der Waals surface area contributed by atoms with E-state index in [1.807, 2.05) is 13.0 Å². The average Bonchev–Trinajstić information content (AvgIpc) is 2.86. The van der Waals surface area contributed by atoms with Crippen molar-refractivity contribution in [3.63, 3.8) is 0 Å². The van der Waals surface area contributed by atoms with Crippen LogP contribution < -0.4 is 9.47 Å². The Kier molecular flexibility index (Phi) is 4.35. The smallest absolute Gasteiger partial charge is 0.349 e. The lowest BCUT2D eigenvalue weighted by Gasteiger charge is -2.09. The van der Waals surface area contributed by atoms with Crippen molar-refractivity contribution in [3.8, 4) is 11.5 Å². The summed E-state index contributed by atoms with van der Waals surface area (Å²) in [5.74, 6) is -0.813. The lowest BCUT2D eigenvalue weighted by atomic mass is 10.1. The Morgan fingerprint density at radius 3 is 2.83 bits per heavy atom. The van der Waals surface area contributed by atoms with E-state index in [2.05, 4.69) is 4.74 Å². The van der Waals surface area contributed by atoms with Gasteiger partial charge in [0.2, 0.25) is 5.78 Å². The number of benzene rings is 1. The van der Waals surface area contributed by atoms with Crippen molar-refractivity contribution in [1.29, 1.82) is 0 Å². The van der Waals surface area contributed by atoms with E-state index in [0.29, 0.717) is 22.8 Å². The lowest BCUT2D eigenvalue weighted by Crippen LogP contribution is -2.17. The molecule has 0 radical (unpaired) electrons. The van der Waals surface area contributed by atoms with E-state index in [-0.39, 0.29) is 11.5 Å². The maximum atomic E-state index is 12.7. The third kappa shape index (κ3) is 3.30. The number of thiophene rings is 1. The molecule has 0 atom stereocenters. The topological polar surface area (TPSA) is 78.9 Å². The van der Waals surface area contributed by atoms with Gasteiger partial charge in [0.05, 0.1) is 10.4 Å². The highest BCUT2D eigenvalue weighted by Gasteiger charge is 2.25. The van der Waals surface area contributed by atoms with Crippen LogP contribution in [0.4, 0.5) is 0 Å². The third-order valence-electron chi connectivity index (χ3n) is 3.34. The van der Waals surface area contributed by atoms with Crippen molar-refractivity contribution in [3.05, 3.63) is 45.1 Å². The summed E-state index contributed by atoms with van der Waals surface area (Å²) in [4.78, 5) is 36.7. The molecule has 6 nitrogen and oxygen atoms in total. The fourth-order valence-electron chi connectivity index (χ4n) is 2.34. The van der Waals surface area contributed by atoms with E-state index in [9.17, 15) is 14.4 Å². The summed E-state index contributed by atoms with van der Waals surface area (Å²) in [6.07, 6.45) is 0. The minimum atomic E-state index is -0.722. The van der Waals surface area contributed by atoms with Crippen LogP contribution in [-0.2, 0) is 20.9 Å². The molecule has 24 heavy (non-hydrogen) atoms. The van der Waals surface area contributed by atoms with Gasteiger partial charge in [-0.05, 0) is 31.2 Å². The van der Waals surface area contributed by atoms with Gasteiger partial charge in [-0.15, -0.1) is 11.3 Å². The number of hydrogen-bond acceptors (Lipinski definition) is 7. The van der Waals surface area contributed by atoms with Gasteiger partial charge in [0.1, 0.15) is 18.1 Å². The molecule has 0 aliphatic carbocycles. The highest BCUT2D eigenvalue weighted by atomic mass is 32.1. The van der Waals surface area contributed by atoms with Crippen LogP contribution in [0.2, 0.25) is 0 Å². The molecule has 1 aliphatic rings. The van der Waals surface area contributed by atoms with Crippen LogP contribution in [-0.4, -0.2) is 24.3 Å². The number of carbonyl (C=O) groups is 3. The highest BCUT2D eigenvalue weighted by molar-refractivity contribution is 7.14. The van der Waals surface area contributed by atoms with Crippen molar-refractivity contribution in [2.75, 3.05) is 6.61 Å². The number of rotatable bonds is 3. The number of carbonyl (C=O) groups excluding carboxylic acids is 3. The van der Waals surface area contributed by atoms with E-state index < -0.39 is 18.5 Å². The summed E-state index contributed by atoms with van der Waals surface area (Å²) < 4.78 is 15.3. The van der Waals surface area contributed by atoms with Crippen molar-refractivity contribution < 1.29 is 28.6 Å². The predicted molar refractivity (Wildman–Crippen MR) is 85.5 cm³/mol. The van der Waals surface area contributed by atoms with Crippen LogP contribution in [0.5, 0.6) is 11.5 Å². The Balaban J connectivity index is 1.84. The number of ketones is 1. The predicted octanol–water partition coefficient (Wildman–Crippen LogP) is 2.65. The Bertz CT molecular complexity index is 836. The van der Waals surface area contributed by atoms with E-state index in [4.69, 9.17) is 9.47 Å². The third-order valence-corrected chi connectivity index (χ3v) is 4.43. The summed E-state index contributed by atoms with van der Waals surface area (Å²) in [7, 11) is 0. The van der Waals surface area contributed by atoms with Gasteiger partial charge >= 0.3 is 11.9 Å². The molecule has 3 rings (SSSR count). The molecule has 0 N–H and O–H groups in total. The van der Waals surface area contributed by atoms with Gasteiger partial charge in [-0.1, -0.05) is 0 Å². The van der Waals surface area contributed by atoms with Gasteiger partial charge in [0.15, 0.2) is 6.61 Å². The average molecular weight is 346 g/mol. The van der Waals surface area contributed by atoms with Crippen LogP contribution >= 0.6 is 11.3 Å². The number of esters is 2. The van der Waals surface area contributed by atoms with Crippen molar-refractivity contribution in [2.24, 2.45) is 0 Å². The number of aryl methyl sites for hydroxylation is 1. The second kappa shape index (κ2) is 6.45. The van der Waals surface area contributed by atoms with Crippen LogP contribution in [0.3, 0.4) is 0 Å². The van der Waals surface area contributed by atoms with Crippen molar-refractivity contribution in [1.82, 2.24) is 0 Å². The summed E-state index contributed by atoms with van der Waals surface area (Å²) in [5.41, 5.74) is 1.19. The minimum Gasteiger partial charge on any atom is -0.488 e. The van der Waals surface area contributed by atoms with Crippen molar-refractivity contribution >= 4 is 29.1 Å². The molecule has 0 saturated carbocycles. The first-order valence-electron chi connectivity index (χ1n) is 7.19. The first-order valence-corrected chi connectivity index (χ1v) is 8.00. The molecule has 0 saturated heterocycles. The monoisotopic (exact) mass is 346 g/mol. The molecular weight excluding hydrogens is 332 g/mol. The van der Waals surface area contributed by atoms with Crippen molar-refractivity contribution in [2.45, 2.75) is 20.5 Å². The largest absolute Gasteiger partial charge is 0.488 e. The maximum Gasteiger partial charge on any atom is 0.349 e. The molecule has 0 spiro atoms. The molecule has 2 heterocycles. The number of ether oxygens (including phenoxy) is 3. The molecule has 0 fully saturated rings. The lowest BCUT2D eigenvalue weighted by molar-refractivity contribution is -0.152. The summed E-state index contributed by atoms with van der Waals surface area (Å²) >= 11 is 1.41. The fourth-order valence-corrected chi connectivity index (χ4v) is 3.32. The van der Waals surface area contributed by atoms with Gasteiger partial charge in [-0.3, -0.25) is 9.59 Å². The van der Waals surface area contributed by atoms with Gasteiger partial charge in [-0.2, -0.15) is 0 Å². The van der Waals surface area contributed by atoms with E-state index in [1.165, 1.54) is 30.4 Å². The second-order valence-corrected chi connectivity index (χ2v) is 6.50. The highest BCUT2D eigenvalue weighted by Crippen LogP contribution is 2.34. The zero-order valence-electron chi connectivity index (χ0n) is 13.1. The SMILES string of the molecule is CC(=O)OCC(=O)Oc1ccc2c(c1)C(=O)c1sc(C)cc1CO2. The Hall–Kier alpha value is -2.67. The first kappa shape index (κ1) is 16.2. The van der Waals surface area contributed by atoms with Gasteiger partial charge < -0.3 is 14.2 Å². The second-order valence-electron chi connectivity index (χ2n) is 5.24. The molecule has 124 valence electrons. The van der Waals surface area contributed by atoms with Gasteiger partial charge in [-0.25, -0.2) is 4.79 Å². The minimum absolute atomic E-state index is 0.159. The fraction of sp³-hybridized carbons (Fsp3) is 0.235.